The molecular formula is C19H20N2. The van der Waals surface area contributed by atoms with E-state index in [1.807, 2.05) is 18.2 Å². The van der Waals surface area contributed by atoms with Crippen LogP contribution in [0.1, 0.15) is 25.3 Å². The predicted molar refractivity (Wildman–Crippen MR) is 92.3 cm³/mol. The first kappa shape index (κ1) is 13.5. The smallest absolute Gasteiger partial charge is 0.0554 e. The van der Waals surface area contributed by atoms with Gasteiger partial charge in [-0.05, 0) is 51.6 Å². The first-order valence-corrected chi connectivity index (χ1v) is 7.23. The van der Waals surface area contributed by atoms with Gasteiger partial charge in [0.1, 0.15) is 0 Å². The third-order valence-electron chi connectivity index (χ3n) is 3.95. The second-order valence-corrected chi connectivity index (χ2v) is 5.82. The van der Waals surface area contributed by atoms with E-state index in [1.165, 1.54) is 16.3 Å². The van der Waals surface area contributed by atoms with Crippen molar-refractivity contribution in [1.82, 2.24) is 0 Å². The van der Waals surface area contributed by atoms with Crippen LogP contribution in [0.4, 0.5) is 11.4 Å². The van der Waals surface area contributed by atoms with Crippen molar-refractivity contribution in [2.45, 2.75) is 19.8 Å². The summed E-state index contributed by atoms with van der Waals surface area (Å²) in [5.74, 6) is 0.547. The van der Waals surface area contributed by atoms with Crippen LogP contribution in [-0.2, 0) is 0 Å². The summed E-state index contributed by atoms with van der Waals surface area (Å²) in [4.78, 5) is 0. The second kappa shape index (κ2) is 5.13. The van der Waals surface area contributed by atoms with Crippen molar-refractivity contribution in [2.75, 3.05) is 11.5 Å². The molecule has 0 aromatic heterocycles. The van der Waals surface area contributed by atoms with Crippen LogP contribution in [-0.4, -0.2) is 0 Å². The maximum atomic E-state index is 5.90. The number of hydrogen-bond acceptors (Lipinski definition) is 2. The lowest BCUT2D eigenvalue weighted by molar-refractivity contribution is 0.869. The average Bonchev–Trinajstić information content (AvgIpc) is 2.49. The number of fused-ring (bicyclic) bond motifs is 1. The normalized spacial score (nSPS) is 11.2. The Morgan fingerprint density at radius 2 is 1.29 bits per heavy atom. The number of rotatable bonds is 2. The van der Waals surface area contributed by atoms with E-state index in [0.717, 1.165) is 11.1 Å². The van der Waals surface area contributed by atoms with E-state index in [1.54, 1.807) is 0 Å². The lowest BCUT2D eigenvalue weighted by Crippen LogP contribution is -1.94. The summed E-state index contributed by atoms with van der Waals surface area (Å²) in [6, 6.07) is 19.0. The second-order valence-electron chi connectivity index (χ2n) is 5.82. The standard InChI is InChI=1S/C19H20N2/c1-12(2)13-3-4-15-10-16(6-5-14(15)9-13)17-7-8-18(20)19(21)11-17/h3-12H,20-21H2,1-2H3. The van der Waals surface area contributed by atoms with Crippen molar-refractivity contribution >= 4 is 22.1 Å². The summed E-state index contributed by atoms with van der Waals surface area (Å²) in [6.45, 7) is 4.43. The molecule has 0 fully saturated rings. The molecule has 0 radical (unpaired) electrons. The Labute approximate surface area is 125 Å². The van der Waals surface area contributed by atoms with Crippen LogP contribution < -0.4 is 11.5 Å². The van der Waals surface area contributed by atoms with Crippen molar-refractivity contribution in [3.05, 3.63) is 60.2 Å². The van der Waals surface area contributed by atoms with Crippen LogP contribution in [0.25, 0.3) is 21.9 Å². The third-order valence-corrected chi connectivity index (χ3v) is 3.95. The number of benzene rings is 3. The molecule has 106 valence electrons. The Morgan fingerprint density at radius 1 is 0.667 bits per heavy atom. The van der Waals surface area contributed by atoms with Gasteiger partial charge in [0.15, 0.2) is 0 Å². The minimum Gasteiger partial charge on any atom is -0.397 e. The van der Waals surface area contributed by atoms with Gasteiger partial charge in [0.05, 0.1) is 11.4 Å². The van der Waals surface area contributed by atoms with Gasteiger partial charge in [-0.2, -0.15) is 0 Å². The molecule has 3 rings (SSSR count). The van der Waals surface area contributed by atoms with E-state index in [-0.39, 0.29) is 0 Å². The summed E-state index contributed by atoms with van der Waals surface area (Å²) in [6.07, 6.45) is 0. The number of nitrogen functional groups attached to an aromatic ring is 2. The van der Waals surface area contributed by atoms with Gasteiger partial charge in [-0.15, -0.1) is 0 Å². The molecule has 0 saturated heterocycles. The van der Waals surface area contributed by atoms with Gasteiger partial charge < -0.3 is 11.5 Å². The molecule has 2 heteroatoms. The van der Waals surface area contributed by atoms with Gasteiger partial charge in [-0.1, -0.05) is 50.2 Å². The largest absolute Gasteiger partial charge is 0.397 e. The Morgan fingerprint density at radius 3 is 2.00 bits per heavy atom. The molecule has 0 aliphatic rings. The summed E-state index contributed by atoms with van der Waals surface area (Å²) in [7, 11) is 0. The van der Waals surface area contributed by atoms with Gasteiger partial charge in [0.25, 0.3) is 0 Å². The van der Waals surface area contributed by atoms with E-state index in [4.69, 9.17) is 11.5 Å². The van der Waals surface area contributed by atoms with Crippen LogP contribution in [0.2, 0.25) is 0 Å². The highest BCUT2D eigenvalue weighted by atomic mass is 14.7. The molecule has 3 aromatic rings. The zero-order valence-electron chi connectivity index (χ0n) is 12.4. The molecule has 0 unspecified atom stereocenters. The monoisotopic (exact) mass is 276 g/mol. The fraction of sp³-hybridized carbons (Fsp3) is 0.158. The quantitative estimate of drug-likeness (QED) is 0.661. The fourth-order valence-corrected chi connectivity index (χ4v) is 2.56. The van der Waals surface area contributed by atoms with Gasteiger partial charge in [0, 0.05) is 0 Å². The summed E-state index contributed by atoms with van der Waals surface area (Å²) >= 11 is 0. The number of hydrogen-bond donors (Lipinski definition) is 2. The fourth-order valence-electron chi connectivity index (χ4n) is 2.56. The van der Waals surface area contributed by atoms with E-state index in [9.17, 15) is 0 Å². The molecule has 0 spiro atoms. The Kier molecular flexibility index (Phi) is 3.30. The van der Waals surface area contributed by atoms with E-state index >= 15 is 0 Å². The van der Waals surface area contributed by atoms with Crippen molar-refractivity contribution < 1.29 is 0 Å². The minimum atomic E-state index is 0.547. The Bertz CT molecular complexity index is 804. The molecule has 0 amide bonds. The van der Waals surface area contributed by atoms with Crippen molar-refractivity contribution in [1.29, 1.82) is 0 Å². The molecule has 0 heterocycles. The molecule has 3 aromatic carbocycles. The zero-order chi connectivity index (χ0) is 15.0. The molecule has 0 bridgehead atoms. The van der Waals surface area contributed by atoms with Crippen LogP contribution in [0.15, 0.2) is 54.6 Å². The van der Waals surface area contributed by atoms with Crippen molar-refractivity contribution in [3.63, 3.8) is 0 Å². The summed E-state index contributed by atoms with van der Waals surface area (Å²) in [5.41, 5.74) is 16.6. The topological polar surface area (TPSA) is 52.0 Å². The van der Waals surface area contributed by atoms with Gasteiger partial charge in [0.2, 0.25) is 0 Å². The van der Waals surface area contributed by atoms with E-state index in [2.05, 4.69) is 50.2 Å². The predicted octanol–water partition coefficient (Wildman–Crippen LogP) is 4.79. The number of anilines is 2. The zero-order valence-corrected chi connectivity index (χ0v) is 12.4. The van der Waals surface area contributed by atoms with Crippen LogP contribution in [0, 0.1) is 0 Å². The first-order chi connectivity index (χ1) is 10.0. The maximum absolute atomic E-state index is 5.90. The highest BCUT2D eigenvalue weighted by Gasteiger charge is 2.04. The molecule has 0 aliphatic carbocycles. The molecule has 21 heavy (non-hydrogen) atoms. The van der Waals surface area contributed by atoms with Crippen molar-refractivity contribution in [2.24, 2.45) is 0 Å². The molecule has 0 atom stereocenters. The average molecular weight is 276 g/mol. The lowest BCUT2D eigenvalue weighted by Gasteiger charge is -2.09. The lowest BCUT2D eigenvalue weighted by atomic mass is 9.96. The Hall–Kier alpha value is -2.48. The molecular weight excluding hydrogens is 256 g/mol. The molecule has 2 nitrogen and oxygen atoms in total. The molecule has 0 aliphatic heterocycles. The SMILES string of the molecule is CC(C)c1ccc2cc(-c3ccc(N)c(N)c3)ccc2c1. The van der Waals surface area contributed by atoms with Crippen LogP contribution in [0.3, 0.4) is 0 Å². The summed E-state index contributed by atoms with van der Waals surface area (Å²) in [5, 5.41) is 2.51. The highest BCUT2D eigenvalue weighted by Crippen LogP contribution is 2.29. The van der Waals surface area contributed by atoms with Crippen LogP contribution in [0.5, 0.6) is 0 Å². The van der Waals surface area contributed by atoms with Gasteiger partial charge in [-0.3, -0.25) is 0 Å². The van der Waals surface area contributed by atoms with Crippen molar-refractivity contribution in [3.8, 4) is 11.1 Å². The van der Waals surface area contributed by atoms with E-state index < -0.39 is 0 Å². The van der Waals surface area contributed by atoms with Gasteiger partial charge in [-0.25, -0.2) is 0 Å². The maximum Gasteiger partial charge on any atom is 0.0554 e. The minimum absolute atomic E-state index is 0.547. The highest BCUT2D eigenvalue weighted by molar-refractivity contribution is 5.88. The van der Waals surface area contributed by atoms with Crippen LogP contribution >= 0.6 is 0 Å². The Balaban J connectivity index is 2.08. The summed E-state index contributed by atoms with van der Waals surface area (Å²) < 4.78 is 0. The van der Waals surface area contributed by atoms with Gasteiger partial charge >= 0.3 is 0 Å². The number of nitrogens with two attached hydrogens (primary N) is 2. The van der Waals surface area contributed by atoms with E-state index in [0.29, 0.717) is 17.3 Å². The molecule has 0 saturated carbocycles. The molecule has 4 N–H and O–H groups in total. The first-order valence-electron chi connectivity index (χ1n) is 7.23. The third kappa shape index (κ3) is 2.57.